The zero-order valence-electron chi connectivity index (χ0n) is 11.2. The van der Waals surface area contributed by atoms with Crippen molar-refractivity contribution in [2.45, 2.75) is 25.3 Å². The van der Waals surface area contributed by atoms with Gasteiger partial charge in [-0.05, 0) is 38.4 Å². The molecule has 1 amide bonds. The van der Waals surface area contributed by atoms with E-state index in [9.17, 15) is 23.7 Å². The van der Waals surface area contributed by atoms with Crippen LogP contribution in [0, 0.1) is 21.7 Å². The maximum atomic E-state index is 13.9. The van der Waals surface area contributed by atoms with Crippen molar-refractivity contribution in [1.82, 2.24) is 10.6 Å². The molecule has 0 radical (unpaired) electrons. The molecule has 8 heteroatoms. The van der Waals surface area contributed by atoms with Crippen molar-refractivity contribution >= 4 is 11.6 Å². The molecule has 1 atom stereocenters. The Kier molecular flexibility index (Phi) is 4.79. The van der Waals surface area contributed by atoms with E-state index >= 15 is 0 Å². The molecular weight excluding hydrogens is 284 g/mol. The second-order valence-corrected chi connectivity index (χ2v) is 4.89. The highest BCUT2D eigenvalue weighted by Gasteiger charge is 2.25. The monoisotopic (exact) mass is 299 g/mol. The summed E-state index contributed by atoms with van der Waals surface area (Å²) in [4.78, 5) is 21.6. The molecule has 1 aliphatic heterocycles. The largest absolute Gasteiger partial charge is 0.349 e. The molecule has 1 saturated heterocycles. The van der Waals surface area contributed by atoms with Crippen molar-refractivity contribution < 1.29 is 18.5 Å². The molecule has 2 N–H and O–H groups in total. The number of halogens is 2. The van der Waals surface area contributed by atoms with Crippen LogP contribution in [0.1, 0.15) is 29.6 Å². The molecule has 2 rings (SSSR count). The quantitative estimate of drug-likeness (QED) is 0.658. The summed E-state index contributed by atoms with van der Waals surface area (Å²) in [5, 5.41) is 16.4. The zero-order valence-corrected chi connectivity index (χ0v) is 11.2. The average molecular weight is 299 g/mol. The Hall–Kier alpha value is -2.09. The third-order valence-electron chi connectivity index (χ3n) is 3.37. The number of nitrogens with zero attached hydrogens (tertiary/aromatic N) is 1. The predicted molar refractivity (Wildman–Crippen MR) is 71.0 cm³/mol. The molecule has 1 unspecified atom stereocenters. The first-order chi connectivity index (χ1) is 9.99. The number of nitro benzene ring substituents is 1. The number of amides is 1. The van der Waals surface area contributed by atoms with Gasteiger partial charge in [0.15, 0.2) is 0 Å². The lowest BCUT2D eigenvalue weighted by Crippen LogP contribution is -2.36. The van der Waals surface area contributed by atoms with Gasteiger partial charge in [-0.25, -0.2) is 4.39 Å². The summed E-state index contributed by atoms with van der Waals surface area (Å²) >= 11 is 0. The number of nitro groups is 1. The fourth-order valence-electron chi connectivity index (χ4n) is 2.30. The molecule has 0 spiro atoms. The van der Waals surface area contributed by atoms with Gasteiger partial charge in [-0.1, -0.05) is 0 Å². The van der Waals surface area contributed by atoms with Crippen LogP contribution in [0.4, 0.5) is 14.5 Å². The van der Waals surface area contributed by atoms with Gasteiger partial charge in [0, 0.05) is 6.04 Å². The Morgan fingerprint density at radius 3 is 2.81 bits per heavy atom. The van der Waals surface area contributed by atoms with Gasteiger partial charge in [0.25, 0.3) is 5.91 Å². The minimum Gasteiger partial charge on any atom is -0.349 e. The second kappa shape index (κ2) is 6.57. The third kappa shape index (κ3) is 3.72. The van der Waals surface area contributed by atoms with Gasteiger partial charge in [0.05, 0.1) is 16.6 Å². The Balaban J connectivity index is 2.20. The molecule has 1 aromatic rings. The molecule has 1 aromatic carbocycles. The minimum atomic E-state index is -1.31. The van der Waals surface area contributed by atoms with E-state index in [4.69, 9.17) is 0 Å². The van der Waals surface area contributed by atoms with Crippen LogP contribution >= 0.6 is 0 Å². The Morgan fingerprint density at radius 2 is 2.10 bits per heavy atom. The molecule has 6 nitrogen and oxygen atoms in total. The van der Waals surface area contributed by atoms with Crippen LogP contribution in [0.5, 0.6) is 0 Å². The Labute approximate surface area is 119 Å². The van der Waals surface area contributed by atoms with Gasteiger partial charge in [0.2, 0.25) is 5.82 Å². The maximum absolute atomic E-state index is 13.9. The van der Waals surface area contributed by atoms with Crippen molar-refractivity contribution in [1.29, 1.82) is 0 Å². The van der Waals surface area contributed by atoms with Crippen LogP contribution < -0.4 is 10.6 Å². The Morgan fingerprint density at radius 1 is 1.33 bits per heavy atom. The van der Waals surface area contributed by atoms with Crippen LogP contribution in [-0.2, 0) is 0 Å². The summed E-state index contributed by atoms with van der Waals surface area (Å²) < 4.78 is 27.2. The highest BCUT2D eigenvalue weighted by molar-refractivity contribution is 5.95. The van der Waals surface area contributed by atoms with Gasteiger partial charge < -0.3 is 10.6 Å². The third-order valence-corrected chi connectivity index (χ3v) is 3.37. The summed E-state index contributed by atoms with van der Waals surface area (Å²) in [5.74, 6) is -3.16. The van der Waals surface area contributed by atoms with E-state index in [1.165, 1.54) is 0 Å². The summed E-state index contributed by atoms with van der Waals surface area (Å²) in [5.41, 5.74) is -1.68. The fourth-order valence-corrected chi connectivity index (χ4v) is 2.30. The lowest BCUT2D eigenvalue weighted by atomic mass is 10.1. The number of hydrogen-bond acceptors (Lipinski definition) is 4. The number of hydrogen-bond donors (Lipinski definition) is 2. The number of carbonyl (C=O) groups excluding carboxylic acids is 1. The van der Waals surface area contributed by atoms with Gasteiger partial charge in [0.1, 0.15) is 5.82 Å². The van der Waals surface area contributed by atoms with E-state index in [2.05, 4.69) is 10.6 Å². The summed E-state index contributed by atoms with van der Waals surface area (Å²) in [6.07, 6.45) is 2.25. The standard InChI is InChI=1S/C13H15F2N3O3/c14-8-6-10(12(15)11(7-8)18(20)21)13(19)17-9-2-1-4-16-5-3-9/h6-7,9,16H,1-5H2,(H,17,19). The van der Waals surface area contributed by atoms with Gasteiger partial charge in [-0.3, -0.25) is 14.9 Å². The smallest absolute Gasteiger partial charge is 0.308 e. The van der Waals surface area contributed by atoms with E-state index in [-0.39, 0.29) is 6.04 Å². The van der Waals surface area contributed by atoms with Crippen molar-refractivity contribution in [3.63, 3.8) is 0 Å². The number of carbonyl (C=O) groups is 1. The average Bonchev–Trinajstić information content (AvgIpc) is 2.69. The highest BCUT2D eigenvalue weighted by atomic mass is 19.1. The molecule has 0 saturated carbocycles. The molecule has 0 bridgehead atoms. The van der Waals surface area contributed by atoms with Gasteiger partial charge >= 0.3 is 5.69 Å². The fraction of sp³-hybridized carbons (Fsp3) is 0.462. The lowest BCUT2D eigenvalue weighted by molar-refractivity contribution is -0.387. The topological polar surface area (TPSA) is 84.3 Å². The van der Waals surface area contributed by atoms with Crippen molar-refractivity contribution in [3.05, 3.63) is 39.4 Å². The van der Waals surface area contributed by atoms with Crippen molar-refractivity contribution in [2.75, 3.05) is 13.1 Å². The van der Waals surface area contributed by atoms with Crippen LogP contribution in [0.2, 0.25) is 0 Å². The van der Waals surface area contributed by atoms with Crippen molar-refractivity contribution in [3.8, 4) is 0 Å². The van der Waals surface area contributed by atoms with Crippen LogP contribution in [0.3, 0.4) is 0 Å². The van der Waals surface area contributed by atoms with Crippen LogP contribution in [0.15, 0.2) is 12.1 Å². The van der Waals surface area contributed by atoms with E-state index < -0.39 is 33.7 Å². The Bertz CT molecular complexity index is 558. The van der Waals surface area contributed by atoms with Crippen LogP contribution in [0.25, 0.3) is 0 Å². The normalized spacial score (nSPS) is 18.9. The molecule has 1 fully saturated rings. The SMILES string of the molecule is O=C(NC1CCCNCC1)c1cc(F)cc([N+](=O)[O-])c1F. The lowest BCUT2D eigenvalue weighted by Gasteiger charge is -2.16. The number of benzene rings is 1. The predicted octanol–water partition coefficient (Wildman–Crippen LogP) is 1.74. The van der Waals surface area contributed by atoms with Crippen LogP contribution in [-0.4, -0.2) is 30.0 Å². The van der Waals surface area contributed by atoms with Gasteiger partial charge in [-0.15, -0.1) is 0 Å². The first-order valence-electron chi connectivity index (χ1n) is 6.64. The molecular formula is C13H15F2N3O3. The molecule has 21 heavy (non-hydrogen) atoms. The molecule has 1 heterocycles. The molecule has 0 aliphatic carbocycles. The molecule has 114 valence electrons. The van der Waals surface area contributed by atoms with Crippen molar-refractivity contribution in [2.24, 2.45) is 0 Å². The molecule has 1 aliphatic rings. The first kappa shape index (κ1) is 15.3. The van der Waals surface area contributed by atoms with Gasteiger partial charge in [-0.2, -0.15) is 4.39 Å². The zero-order chi connectivity index (χ0) is 15.4. The van der Waals surface area contributed by atoms with E-state index in [0.29, 0.717) is 18.6 Å². The maximum Gasteiger partial charge on any atom is 0.308 e. The summed E-state index contributed by atoms with van der Waals surface area (Å²) in [6, 6.07) is 0.975. The summed E-state index contributed by atoms with van der Waals surface area (Å²) in [7, 11) is 0. The second-order valence-electron chi connectivity index (χ2n) is 4.89. The number of rotatable bonds is 3. The minimum absolute atomic E-state index is 0.158. The number of nitrogens with one attached hydrogen (secondary N) is 2. The van der Waals surface area contributed by atoms with E-state index in [1.54, 1.807) is 0 Å². The van der Waals surface area contributed by atoms with E-state index in [0.717, 1.165) is 25.9 Å². The molecule has 0 aromatic heterocycles. The van der Waals surface area contributed by atoms with E-state index in [1.807, 2.05) is 0 Å². The summed E-state index contributed by atoms with van der Waals surface area (Å²) in [6.45, 7) is 1.56. The highest BCUT2D eigenvalue weighted by Crippen LogP contribution is 2.22. The first-order valence-corrected chi connectivity index (χ1v) is 6.64.